The Balaban J connectivity index is 2.19. The molecule has 1 aromatic heterocycles. The van der Waals surface area contributed by atoms with Crippen LogP contribution in [0, 0.1) is 5.92 Å². The molecule has 2 atom stereocenters. The Morgan fingerprint density at radius 1 is 1.22 bits per heavy atom. The first kappa shape index (κ1) is 12.5. The van der Waals surface area contributed by atoms with E-state index in [9.17, 15) is 0 Å². The third-order valence-electron chi connectivity index (χ3n) is 3.32. The number of tetrazole rings is 1. The first-order valence-corrected chi connectivity index (χ1v) is 6.32. The van der Waals surface area contributed by atoms with Crippen molar-refractivity contribution in [1.29, 1.82) is 0 Å². The Hall–Kier alpha value is -1.91. The zero-order valence-electron chi connectivity index (χ0n) is 11.0. The molecule has 18 heavy (non-hydrogen) atoms. The molecule has 1 N–H and O–H groups in total. The second-order valence-electron chi connectivity index (χ2n) is 4.57. The third kappa shape index (κ3) is 2.67. The Morgan fingerprint density at radius 3 is 2.61 bits per heavy atom. The lowest BCUT2D eigenvalue weighted by molar-refractivity contribution is 0.491. The monoisotopic (exact) mass is 245 g/mol. The number of hydrogen-bond acceptors (Lipinski definition) is 4. The molecule has 1 aromatic carbocycles. The van der Waals surface area contributed by atoms with Crippen molar-refractivity contribution < 1.29 is 0 Å². The molecule has 2 aromatic rings. The van der Waals surface area contributed by atoms with E-state index in [0.29, 0.717) is 17.9 Å². The van der Waals surface area contributed by atoms with Gasteiger partial charge in [-0.1, -0.05) is 43.6 Å². The number of rotatable bonds is 5. The Morgan fingerprint density at radius 2 is 1.94 bits per heavy atom. The van der Waals surface area contributed by atoms with Crippen LogP contribution in [0.3, 0.4) is 0 Å². The van der Waals surface area contributed by atoms with Crippen LogP contribution in [-0.2, 0) is 0 Å². The maximum absolute atomic E-state index is 4.04. The van der Waals surface area contributed by atoms with Crippen LogP contribution in [0.5, 0.6) is 0 Å². The summed E-state index contributed by atoms with van der Waals surface area (Å²) in [5, 5.41) is 15.2. The summed E-state index contributed by atoms with van der Waals surface area (Å²) in [6, 6.07) is 10.2. The number of anilines is 1. The molecule has 96 valence electrons. The summed E-state index contributed by atoms with van der Waals surface area (Å²) in [5.74, 6) is 1.26. The molecule has 0 amide bonds. The standard InChI is InChI=1S/C13H19N5/c1-4-10(2)11(3)14-13-15-16-17-18(13)12-8-6-5-7-9-12/h5-11H,4H2,1-3H3,(H,14,15,17). The summed E-state index contributed by atoms with van der Waals surface area (Å²) >= 11 is 0. The topological polar surface area (TPSA) is 55.6 Å². The molecule has 0 saturated heterocycles. The van der Waals surface area contributed by atoms with Gasteiger partial charge in [0.2, 0.25) is 5.95 Å². The molecule has 5 heteroatoms. The molecule has 0 radical (unpaired) electrons. The molecule has 0 aliphatic carbocycles. The van der Waals surface area contributed by atoms with Crippen LogP contribution in [0.2, 0.25) is 0 Å². The van der Waals surface area contributed by atoms with Crippen molar-refractivity contribution in [2.45, 2.75) is 33.2 Å². The van der Waals surface area contributed by atoms with E-state index in [4.69, 9.17) is 0 Å². The van der Waals surface area contributed by atoms with Gasteiger partial charge in [-0.05, 0) is 35.4 Å². The van der Waals surface area contributed by atoms with Crippen LogP contribution in [0.15, 0.2) is 30.3 Å². The van der Waals surface area contributed by atoms with Crippen molar-refractivity contribution in [1.82, 2.24) is 20.2 Å². The molecule has 0 saturated carbocycles. The normalized spacial score (nSPS) is 14.2. The van der Waals surface area contributed by atoms with Gasteiger partial charge >= 0.3 is 0 Å². The summed E-state index contributed by atoms with van der Waals surface area (Å²) in [4.78, 5) is 0. The zero-order valence-corrected chi connectivity index (χ0v) is 11.0. The highest BCUT2D eigenvalue weighted by atomic mass is 15.6. The van der Waals surface area contributed by atoms with Crippen molar-refractivity contribution in [3.8, 4) is 5.69 Å². The molecular formula is C13H19N5. The number of hydrogen-bond donors (Lipinski definition) is 1. The summed E-state index contributed by atoms with van der Waals surface area (Å²) in [7, 11) is 0. The van der Waals surface area contributed by atoms with Crippen LogP contribution < -0.4 is 5.32 Å². The van der Waals surface area contributed by atoms with Crippen LogP contribution in [0.1, 0.15) is 27.2 Å². The van der Waals surface area contributed by atoms with E-state index in [1.54, 1.807) is 4.68 Å². The van der Waals surface area contributed by atoms with E-state index in [2.05, 4.69) is 41.6 Å². The molecule has 2 rings (SSSR count). The smallest absolute Gasteiger partial charge is 0.247 e. The van der Waals surface area contributed by atoms with Gasteiger partial charge in [-0.15, -0.1) is 0 Å². The fraction of sp³-hybridized carbons (Fsp3) is 0.462. The summed E-state index contributed by atoms with van der Waals surface area (Å²) < 4.78 is 1.72. The van der Waals surface area contributed by atoms with E-state index in [1.807, 2.05) is 30.3 Å². The van der Waals surface area contributed by atoms with Gasteiger partial charge < -0.3 is 5.32 Å². The van der Waals surface area contributed by atoms with E-state index in [0.717, 1.165) is 12.1 Å². The Bertz CT molecular complexity index is 479. The second kappa shape index (κ2) is 5.62. The largest absolute Gasteiger partial charge is 0.350 e. The van der Waals surface area contributed by atoms with Crippen molar-refractivity contribution in [2.24, 2.45) is 5.92 Å². The molecule has 0 aliphatic heterocycles. The highest BCUT2D eigenvalue weighted by Crippen LogP contribution is 2.15. The van der Waals surface area contributed by atoms with Crippen molar-refractivity contribution in [3.05, 3.63) is 30.3 Å². The third-order valence-corrected chi connectivity index (χ3v) is 3.32. The molecular weight excluding hydrogens is 226 g/mol. The maximum atomic E-state index is 4.04. The van der Waals surface area contributed by atoms with Gasteiger partial charge in [0.15, 0.2) is 0 Å². The average molecular weight is 245 g/mol. The molecule has 0 bridgehead atoms. The minimum atomic E-state index is 0.337. The molecule has 0 spiro atoms. The van der Waals surface area contributed by atoms with Gasteiger partial charge in [0.25, 0.3) is 0 Å². The number of nitrogens with one attached hydrogen (secondary N) is 1. The fourth-order valence-corrected chi connectivity index (χ4v) is 1.72. The van der Waals surface area contributed by atoms with E-state index < -0.39 is 0 Å². The number of nitrogens with zero attached hydrogens (tertiary/aromatic N) is 4. The van der Waals surface area contributed by atoms with Crippen LogP contribution in [0.25, 0.3) is 5.69 Å². The Kier molecular flexibility index (Phi) is 3.92. The first-order chi connectivity index (χ1) is 8.72. The van der Waals surface area contributed by atoms with Crippen molar-refractivity contribution in [3.63, 3.8) is 0 Å². The Labute approximate surface area is 107 Å². The minimum absolute atomic E-state index is 0.337. The van der Waals surface area contributed by atoms with Gasteiger partial charge in [-0.3, -0.25) is 0 Å². The second-order valence-corrected chi connectivity index (χ2v) is 4.57. The van der Waals surface area contributed by atoms with E-state index in [1.165, 1.54) is 0 Å². The number of para-hydroxylation sites is 1. The summed E-state index contributed by atoms with van der Waals surface area (Å²) in [6.07, 6.45) is 1.13. The first-order valence-electron chi connectivity index (χ1n) is 6.32. The summed E-state index contributed by atoms with van der Waals surface area (Å²) in [5.41, 5.74) is 0.960. The van der Waals surface area contributed by atoms with Gasteiger partial charge in [-0.2, -0.15) is 4.68 Å². The van der Waals surface area contributed by atoms with Gasteiger partial charge in [0.1, 0.15) is 0 Å². The number of aromatic nitrogens is 4. The van der Waals surface area contributed by atoms with Crippen molar-refractivity contribution in [2.75, 3.05) is 5.32 Å². The van der Waals surface area contributed by atoms with Gasteiger partial charge in [0, 0.05) is 6.04 Å². The molecule has 0 fully saturated rings. The zero-order chi connectivity index (χ0) is 13.0. The van der Waals surface area contributed by atoms with E-state index >= 15 is 0 Å². The van der Waals surface area contributed by atoms with Gasteiger partial charge in [-0.25, -0.2) is 0 Å². The average Bonchev–Trinajstić information content (AvgIpc) is 2.86. The van der Waals surface area contributed by atoms with Crippen LogP contribution >= 0.6 is 0 Å². The molecule has 5 nitrogen and oxygen atoms in total. The quantitative estimate of drug-likeness (QED) is 0.879. The predicted molar refractivity (Wildman–Crippen MR) is 71.7 cm³/mol. The maximum Gasteiger partial charge on any atom is 0.247 e. The fourth-order valence-electron chi connectivity index (χ4n) is 1.72. The SMILES string of the molecule is CCC(C)C(C)Nc1nnnn1-c1ccccc1. The highest BCUT2D eigenvalue weighted by Gasteiger charge is 2.14. The highest BCUT2D eigenvalue weighted by molar-refractivity contribution is 5.38. The van der Waals surface area contributed by atoms with Crippen LogP contribution in [-0.4, -0.2) is 26.2 Å². The number of benzene rings is 1. The lowest BCUT2D eigenvalue weighted by Crippen LogP contribution is -2.25. The predicted octanol–water partition coefficient (Wildman–Crippen LogP) is 2.51. The molecule has 0 aliphatic rings. The van der Waals surface area contributed by atoms with Crippen LogP contribution in [0.4, 0.5) is 5.95 Å². The lowest BCUT2D eigenvalue weighted by atomic mass is 10.0. The minimum Gasteiger partial charge on any atom is -0.350 e. The molecule has 2 unspecified atom stereocenters. The lowest BCUT2D eigenvalue weighted by Gasteiger charge is -2.19. The summed E-state index contributed by atoms with van der Waals surface area (Å²) in [6.45, 7) is 6.55. The molecule has 1 heterocycles. The van der Waals surface area contributed by atoms with Crippen molar-refractivity contribution >= 4 is 5.95 Å². The van der Waals surface area contributed by atoms with E-state index in [-0.39, 0.29) is 0 Å². The van der Waals surface area contributed by atoms with Gasteiger partial charge in [0.05, 0.1) is 5.69 Å².